The molecule has 2 N–H and O–H groups in total. The Morgan fingerprint density at radius 2 is 1.92 bits per heavy atom. The lowest BCUT2D eigenvalue weighted by Gasteiger charge is -2.31. The van der Waals surface area contributed by atoms with Gasteiger partial charge in [0.1, 0.15) is 0 Å². The van der Waals surface area contributed by atoms with E-state index in [4.69, 9.17) is 5.11 Å². The first-order chi connectivity index (χ1) is 12.2. The summed E-state index contributed by atoms with van der Waals surface area (Å²) >= 11 is 0. The third-order valence-corrected chi connectivity index (χ3v) is 5.03. The molecular weight excluding hydrogens is 314 g/mol. The largest absolute Gasteiger partial charge is 0.395 e. The molecule has 25 heavy (non-hydrogen) atoms. The van der Waals surface area contributed by atoms with E-state index < -0.39 is 0 Å². The number of aliphatic hydroxyl groups is 1. The van der Waals surface area contributed by atoms with Crippen LogP contribution in [0, 0.1) is 0 Å². The molecule has 140 valence electrons. The van der Waals surface area contributed by atoms with Gasteiger partial charge in [-0.15, -0.1) is 0 Å². The number of benzene rings is 1. The molecule has 0 aliphatic heterocycles. The van der Waals surface area contributed by atoms with Crippen LogP contribution in [0.3, 0.4) is 0 Å². The van der Waals surface area contributed by atoms with E-state index >= 15 is 0 Å². The Morgan fingerprint density at radius 1 is 1.20 bits per heavy atom. The van der Waals surface area contributed by atoms with Crippen molar-refractivity contribution >= 4 is 11.7 Å². The minimum Gasteiger partial charge on any atom is -0.395 e. The monoisotopic (exact) mass is 347 g/mol. The van der Waals surface area contributed by atoms with Gasteiger partial charge in [-0.25, -0.2) is 4.79 Å². The van der Waals surface area contributed by atoms with Crippen LogP contribution in [0.5, 0.6) is 0 Å². The van der Waals surface area contributed by atoms with E-state index in [-0.39, 0.29) is 12.6 Å². The van der Waals surface area contributed by atoms with Gasteiger partial charge in [-0.3, -0.25) is 4.90 Å². The highest BCUT2D eigenvalue weighted by Crippen LogP contribution is 2.25. The highest BCUT2D eigenvalue weighted by Gasteiger charge is 2.19. The van der Waals surface area contributed by atoms with Crippen LogP contribution >= 0.6 is 0 Å². The molecule has 1 aromatic rings. The first-order valence-corrected chi connectivity index (χ1v) is 9.60. The summed E-state index contributed by atoms with van der Waals surface area (Å²) in [4.78, 5) is 16.6. The normalized spacial score (nSPS) is 15.4. The Morgan fingerprint density at radius 3 is 2.60 bits per heavy atom. The molecule has 0 spiro atoms. The zero-order valence-electron chi connectivity index (χ0n) is 15.7. The second-order valence-electron chi connectivity index (χ2n) is 7.00. The Bertz CT molecular complexity index is 523. The molecule has 1 saturated carbocycles. The number of rotatable bonds is 8. The topological polar surface area (TPSA) is 55.8 Å². The number of carbonyl (C=O) groups excluding carboxylic acids is 1. The predicted octanol–water partition coefficient (Wildman–Crippen LogP) is 3.69. The van der Waals surface area contributed by atoms with Crippen molar-refractivity contribution in [1.29, 1.82) is 0 Å². The minimum absolute atomic E-state index is 0.0144. The van der Waals surface area contributed by atoms with E-state index in [9.17, 15) is 4.79 Å². The zero-order valence-corrected chi connectivity index (χ0v) is 15.7. The summed E-state index contributed by atoms with van der Waals surface area (Å²) < 4.78 is 0. The Labute approximate surface area is 152 Å². The van der Waals surface area contributed by atoms with E-state index in [0.717, 1.165) is 24.2 Å². The van der Waals surface area contributed by atoms with Crippen LogP contribution in [0.2, 0.25) is 0 Å². The number of urea groups is 1. The maximum Gasteiger partial charge on any atom is 0.321 e. The standard InChI is InChI=1S/C20H33N3O2/c1-3-13-23(14-15-24)20(25)21-19-12-8-7-9-17(19)16-22(2)18-10-5-4-6-11-18/h7-9,12,18,24H,3-6,10-11,13-16H2,1-2H3,(H,21,25). The maximum absolute atomic E-state index is 12.5. The van der Waals surface area contributed by atoms with Crippen LogP contribution < -0.4 is 5.32 Å². The fourth-order valence-electron chi connectivity index (χ4n) is 3.60. The van der Waals surface area contributed by atoms with Crippen molar-refractivity contribution in [2.45, 2.75) is 58.0 Å². The molecule has 0 saturated heterocycles. The molecule has 2 rings (SSSR count). The van der Waals surface area contributed by atoms with Crippen LogP contribution in [-0.2, 0) is 6.54 Å². The Kier molecular flexibility index (Phi) is 8.22. The molecule has 1 aliphatic carbocycles. The lowest BCUT2D eigenvalue weighted by atomic mass is 9.94. The molecule has 0 heterocycles. The van der Waals surface area contributed by atoms with Crippen LogP contribution in [0.1, 0.15) is 51.0 Å². The van der Waals surface area contributed by atoms with Gasteiger partial charge >= 0.3 is 6.03 Å². The van der Waals surface area contributed by atoms with Crippen LogP contribution in [0.15, 0.2) is 24.3 Å². The number of nitrogens with one attached hydrogen (secondary N) is 1. The van der Waals surface area contributed by atoms with Gasteiger partial charge < -0.3 is 15.3 Å². The van der Waals surface area contributed by atoms with Crippen molar-refractivity contribution in [3.63, 3.8) is 0 Å². The van der Waals surface area contributed by atoms with Crippen molar-refractivity contribution in [2.24, 2.45) is 0 Å². The summed E-state index contributed by atoms with van der Waals surface area (Å²) in [6, 6.07) is 8.54. The van der Waals surface area contributed by atoms with E-state index in [1.807, 2.05) is 25.1 Å². The van der Waals surface area contributed by atoms with Crippen molar-refractivity contribution in [1.82, 2.24) is 9.80 Å². The van der Waals surface area contributed by atoms with Gasteiger partial charge in [0.15, 0.2) is 0 Å². The Balaban J connectivity index is 2.02. The molecule has 0 radical (unpaired) electrons. The lowest BCUT2D eigenvalue weighted by molar-refractivity contribution is 0.184. The number of hydrogen-bond acceptors (Lipinski definition) is 3. The maximum atomic E-state index is 12.5. The third kappa shape index (κ3) is 6.01. The summed E-state index contributed by atoms with van der Waals surface area (Å²) in [5.74, 6) is 0. The number of para-hydroxylation sites is 1. The van der Waals surface area contributed by atoms with Crippen LogP contribution in [0.25, 0.3) is 0 Å². The fraction of sp³-hybridized carbons (Fsp3) is 0.650. The molecule has 1 aromatic carbocycles. The van der Waals surface area contributed by atoms with Crippen molar-refractivity contribution < 1.29 is 9.90 Å². The molecule has 2 amide bonds. The third-order valence-electron chi connectivity index (χ3n) is 5.03. The first kappa shape index (κ1) is 19.7. The van der Waals surface area contributed by atoms with Gasteiger partial charge in [-0.1, -0.05) is 44.4 Å². The molecule has 0 unspecified atom stereocenters. The highest BCUT2D eigenvalue weighted by atomic mass is 16.3. The fourth-order valence-corrected chi connectivity index (χ4v) is 3.60. The Hall–Kier alpha value is -1.59. The second kappa shape index (κ2) is 10.4. The molecule has 0 bridgehead atoms. The van der Waals surface area contributed by atoms with Gasteiger partial charge in [-0.05, 0) is 37.9 Å². The van der Waals surface area contributed by atoms with Crippen LogP contribution in [0.4, 0.5) is 10.5 Å². The average Bonchev–Trinajstić information content (AvgIpc) is 2.63. The first-order valence-electron chi connectivity index (χ1n) is 9.60. The smallest absolute Gasteiger partial charge is 0.321 e. The lowest BCUT2D eigenvalue weighted by Crippen LogP contribution is -2.38. The van der Waals surface area contributed by atoms with Gasteiger partial charge in [0.05, 0.1) is 6.61 Å². The van der Waals surface area contributed by atoms with Crippen molar-refractivity contribution in [3.05, 3.63) is 29.8 Å². The van der Waals surface area contributed by atoms with E-state index in [0.29, 0.717) is 19.1 Å². The van der Waals surface area contributed by atoms with Crippen molar-refractivity contribution in [3.8, 4) is 0 Å². The minimum atomic E-state index is -0.135. The number of nitrogens with zero attached hydrogens (tertiary/aromatic N) is 2. The highest BCUT2D eigenvalue weighted by molar-refractivity contribution is 5.90. The van der Waals surface area contributed by atoms with Crippen molar-refractivity contribution in [2.75, 3.05) is 32.1 Å². The number of aliphatic hydroxyl groups excluding tert-OH is 1. The predicted molar refractivity (Wildman–Crippen MR) is 103 cm³/mol. The molecule has 0 aromatic heterocycles. The van der Waals surface area contributed by atoms with E-state index in [2.05, 4.69) is 23.3 Å². The number of anilines is 1. The molecule has 1 fully saturated rings. The number of hydrogen-bond donors (Lipinski definition) is 2. The quantitative estimate of drug-likeness (QED) is 0.754. The number of amides is 2. The summed E-state index contributed by atoms with van der Waals surface area (Å²) in [7, 11) is 2.18. The van der Waals surface area contributed by atoms with Gasteiger partial charge in [0, 0.05) is 31.4 Å². The SMILES string of the molecule is CCCN(CCO)C(=O)Nc1ccccc1CN(C)C1CCCCC1. The molecule has 0 atom stereocenters. The molecule has 1 aliphatic rings. The van der Waals surface area contributed by atoms with Crippen LogP contribution in [-0.4, -0.2) is 53.7 Å². The zero-order chi connectivity index (χ0) is 18.1. The summed E-state index contributed by atoms with van der Waals surface area (Å²) in [6.07, 6.45) is 7.41. The summed E-state index contributed by atoms with van der Waals surface area (Å²) in [5.41, 5.74) is 2.01. The van der Waals surface area contributed by atoms with E-state index in [1.165, 1.54) is 32.1 Å². The molecule has 5 heteroatoms. The average molecular weight is 348 g/mol. The van der Waals surface area contributed by atoms with Gasteiger partial charge in [-0.2, -0.15) is 0 Å². The molecular formula is C20H33N3O2. The van der Waals surface area contributed by atoms with E-state index in [1.54, 1.807) is 4.90 Å². The summed E-state index contributed by atoms with van der Waals surface area (Å²) in [6.45, 7) is 3.87. The number of carbonyl (C=O) groups is 1. The molecule has 5 nitrogen and oxygen atoms in total. The second-order valence-corrected chi connectivity index (χ2v) is 7.00. The summed E-state index contributed by atoms with van der Waals surface area (Å²) in [5, 5.41) is 12.2. The van der Waals surface area contributed by atoms with Gasteiger partial charge in [0.2, 0.25) is 0 Å². The van der Waals surface area contributed by atoms with Gasteiger partial charge in [0.25, 0.3) is 0 Å².